The van der Waals surface area contributed by atoms with Crippen LogP contribution in [-0.4, -0.2) is 4.98 Å². The third kappa shape index (κ3) is 7.20. The fourth-order valence-corrected chi connectivity index (χ4v) is 9.89. The van der Waals surface area contributed by atoms with Crippen LogP contribution in [0.5, 0.6) is 11.5 Å². The first-order valence-electron chi connectivity index (χ1n) is 22.2. The molecule has 1 aromatic heterocycles. The predicted octanol–water partition coefficient (Wildman–Crippen LogP) is 15.4. The third-order valence-electron chi connectivity index (χ3n) is 12.7. The van der Waals surface area contributed by atoms with E-state index in [2.05, 4.69) is 240 Å². The summed E-state index contributed by atoms with van der Waals surface area (Å²) in [5.41, 5.74) is 14.4. The molecule has 0 bridgehead atoms. The molecule has 0 amide bonds. The van der Waals surface area contributed by atoms with Crippen molar-refractivity contribution in [3.05, 3.63) is 284 Å². The molecule has 0 N–H and O–H groups in total. The summed E-state index contributed by atoms with van der Waals surface area (Å²) in [6.07, 6.45) is 1.87. The molecule has 5 nitrogen and oxygen atoms in total. The van der Waals surface area contributed by atoms with Gasteiger partial charge in [0, 0.05) is 78.2 Å². The van der Waals surface area contributed by atoms with Gasteiger partial charge in [-0.05, 0) is 52.1 Å². The first-order valence-corrected chi connectivity index (χ1v) is 22.2. The molecule has 9 aromatic carbocycles. The van der Waals surface area contributed by atoms with Crippen molar-refractivity contribution in [3.63, 3.8) is 0 Å². The monoisotopic (exact) mass is 1040 g/mol. The second-order valence-electron chi connectivity index (χ2n) is 16.4. The number of anilines is 7. The van der Waals surface area contributed by atoms with Crippen LogP contribution >= 0.6 is 0 Å². The van der Waals surface area contributed by atoms with Gasteiger partial charge in [-0.25, -0.2) is 4.98 Å². The predicted molar refractivity (Wildman–Crippen MR) is 267 cm³/mol. The van der Waals surface area contributed by atoms with Crippen LogP contribution < -0.4 is 19.4 Å². The SMILES string of the molecule is [Pt].[c-]1c(Oc2[c-]c(N3c4ccccc4C(c4ccccc4)(c4ccccc4)c4cccnc43)ccc2)cccc1N1[CH-]N(c2c(-c3ccccc3)cccc2-c2ccccc2)c2ccccc21. The molecule has 0 atom stereocenters. The Labute approximate surface area is 406 Å². The molecule has 12 rings (SSSR count). The Morgan fingerprint density at radius 1 is 0.418 bits per heavy atom. The minimum atomic E-state index is -0.615. The van der Waals surface area contributed by atoms with Gasteiger partial charge in [-0.1, -0.05) is 182 Å². The van der Waals surface area contributed by atoms with Crippen LogP contribution in [0.15, 0.2) is 243 Å². The topological polar surface area (TPSA) is 31.8 Å². The van der Waals surface area contributed by atoms with Gasteiger partial charge in [0.05, 0.1) is 5.41 Å². The first-order chi connectivity index (χ1) is 32.8. The molecule has 2 aliphatic heterocycles. The minimum absolute atomic E-state index is 0. The van der Waals surface area contributed by atoms with Crippen LogP contribution in [0.2, 0.25) is 0 Å². The summed E-state index contributed by atoms with van der Waals surface area (Å²) in [6, 6.07) is 90.1. The van der Waals surface area contributed by atoms with Gasteiger partial charge in [-0.15, -0.1) is 48.8 Å². The van der Waals surface area contributed by atoms with Crippen LogP contribution in [0.3, 0.4) is 0 Å². The zero-order valence-corrected chi connectivity index (χ0v) is 38.5. The molecule has 0 radical (unpaired) electrons. The van der Waals surface area contributed by atoms with E-state index in [1.165, 1.54) is 11.1 Å². The molecule has 3 heterocycles. The Kier molecular flexibility index (Phi) is 11.1. The first kappa shape index (κ1) is 41.7. The largest absolute Gasteiger partial charge is 0.509 e. The quantitative estimate of drug-likeness (QED) is 0.135. The zero-order valence-electron chi connectivity index (χ0n) is 36.2. The summed E-state index contributed by atoms with van der Waals surface area (Å²) in [7, 11) is 0. The third-order valence-corrected chi connectivity index (χ3v) is 12.7. The minimum Gasteiger partial charge on any atom is -0.509 e. The molecule has 0 aliphatic carbocycles. The molecule has 10 aromatic rings. The van der Waals surface area contributed by atoms with Gasteiger partial charge in [-0.3, -0.25) is 0 Å². The molecule has 0 fully saturated rings. The number of rotatable bonds is 9. The van der Waals surface area contributed by atoms with Gasteiger partial charge in [0.2, 0.25) is 0 Å². The van der Waals surface area contributed by atoms with Crippen molar-refractivity contribution in [2.45, 2.75) is 5.41 Å². The average Bonchev–Trinajstić information content (AvgIpc) is 3.78. The van der Waals surface area contributed by atoms with Crippen molar-refractivity contribution in [1.82, 2.24) is 4.98 Å². The Bertz CT molecular complexity index is 3200. The Morgan fingerprint density at radius 2 is 0.896 bits per heavy atom. The molecule has 324 valence electrons. The van der Waals surface area contributed by atoms with Gasteiger partial charge in [-0.2, -0.15) is 12.1 Å². The number of hydrogen-bond donors (Lipinski definition) is 0. The summed E-state index contributed by atoms with van der Waals surface area (Å²) in [6.45, 7) is 2.17. The van der Waals surface area contributed by atoms with Crippen molar-refractivity contribution in [2.75, 3.05) is 14.7 Å². The van der Waals surface area contributed by atoms with Gasteiger partial charge in [0.15, 0.2) is 0 Å². The molecule has 0 unspecified atom stereocenters. The maximum atomic E-state index is 6.71. The van der Waals surface area contributed by atoms with E-state index in [4.69, 9.17) is 9.72 Å². The Balaban J connectivity index is 0.00000494. The fourth-order valence-electron chi connectivity index (χ4n) is 9.89. The normalized spacial score (nSPS) is 13.2. The molecular formula is C61H41N4OPt-3. The molecule has 0 saturated carbocycles. The van der Waals surface area contributed by atoms with Crippen LogP contribution in [-0.2, 0) is 26.5 Å². The van der Waals surface area contributed by atoms with Crippen molar-refractivity contribution < 1.29 is 25.8 Å². The molecule has 2 aliphatic rings. The molecule has 6 heteroatoms. The zero-order chi connectivity index (χ0) is 43.9. The van der Waals surface area contributed by atoms with Crippen molar-refractivity contribution in [2.24, 2.45) is 0 Å². The number of aromatic nitrogens is 1. The maximum Gasteiger partial charge on any atom is 0.140 e. The Hall–Kier alpha value is -7.98. The van der Waals surface area contributed by atoms with E-state index in [-0.39, 0.29) is 21.1 Å². The number of nitrogens with zero attached hydrogens (tertiary/aromatic N) is 4. The van der Waals surface area contributed by atoms with Crippen LogP contribution in [0, 0.1) is 18.8 Å². The van der Waals surface area contributed by atoms with E-state index in [1.807, 2.05) is 36.5 Å². The van der Waals surface area contributed by atoms with Crippen LogP contribution in [0.1, 0.15) is 22.3 Å². The molecule has 0 spiro atoms. The molecule has 67 heavy (non-hydrogen) atoms. The van der Waals surface area contributed by atoms with Crippen molar-refractivity contribution in [1.29, 1.82) is 0 Å². The van der Waals surface area contributed by atoms with E-state index in [1.54, 1.807) is 0 Å². The van der Waals surface area contributed by atoms with Crippen molar-refractivity contribution >= 4 is 39.9 Å². The number of fused-ring (bicyclic) bond motifs is 3. The van der Waals surface area contributed by atoms with E-state index >= 15 is 0 Å². The summed E-state index contributed by atoms with van der Waals surface area (Å²) >= 11 is 0. The van der Waals surface area contributed by atoms with E-state index < -0.39 is 5.41 Å². The van der Waals surface area contributed by atoms with Crippen LogP contribution in [0.4, 0.5) is 39.9 Å². The number of benzene rings is 9. The second kappa shape index (κ2) is 17.8. The second-order valence-corrected chi connectivity index (χ2v) is 16.4. The Morgan fingerprint density at radius 3 is 1.51 bits per heavy atom. The van der Waals surface area contributed by atoms with Gasteiger partial charge < -0.3 is 19.4 Å². The van der Waals surface area contributed by atoms with Gasteiger partial charge >= 0.3 is 0 Å². The van der Waals surface area contributed by atoms with E-state index in [0.29, 0.717) is 11.5 Å². The van der Waals surface area contributed by atoms with Crippen molar-refractivity contribution in [3.8, 4) is 33.8 Å². The smallest absolute Gasteiger partial charge is 0.140 e. The molecule has 0 saturated heterocycles. The summed E-state index contributed by atoms with van der Waals surface area (Å²) in [4.78, 5) is 11.8. The summed E-state index contributed by atoms with van der Waals surface area (Å²) < 4.78 is 6.71. The maximum absolute atomic E-state index is 6.71. The summed E-state index contributed by atoms with van der Waals surface area (Å²) in [5.74, 6) is 1.98. The average molecular weight is 1040 g/mol. The van der Waals surface area contributed by atoms with Crippen LogP contribution in [0.25, 0.3) is 22.3 Å². The number of para-hydroxylation sites is 4. The number of pyridine rings is 1. The van der Waals surface area contributed by atoms with Gasteiger partial charge in [0.1, 0.15) is 5.82 Å². The van der Waals surface area contributed by atoms with E-state index in [9.17, 15) is 0 Å². The fraction of sp³-hybridized carbons (Fsp3) is 0.0164. The standard InChI is InChI=1S/C61H41N4O.Pt/c1-5-21-44(22-6-1)52-33-19-34-53(45-23-7-2-8-24-45)59(52)64-43-63(57-38-15-16-39-58(57)64)48-29-17-31-50(41-48)66-51-32-18-30-49(42-51)65-56-37-14-13-35-54(56)61(46-25-9-3-10-26-46,47-27-11-4-12-28-47)55-36-20-40-62-60(55)65;/h1-40,43H;/q-3;. The van der Waals surface area contributed by atoms with Gasteiger partial charge in [0.25, 0.3) is 0 Å². The number of hydrogen-bond acceptors (Lipinski definition) is 5. The van der Waals surface area contributed by atoms with E-state index in [0.717, 1.165) is 73.3 Å². The molecular weight excluding hydrogens is 1000 g/mol. The number of ether oxygens (including phenoxy) is 1. The summed E-state index contributed by atoms with van der Waals surface area (Å²) in [5, 5.41) is 0.